The molecule has 1 N–H and O–H groups in total. The minimum absolute atomic E-state index is 0.179. The molecule has 0 unspecified atom stereocenters. The first-order valence-corrected chi connectivity index (χ1v) is 12.4. The van der Waals surface area contributed by atoms with Gasteiger partial charge in [0.15, 0.2) is 5.65 Å². The van der Waals surface area contributed by atoms with Crippen LogP contribution in [0.3, 0.4) is 0 Å². The quantitative estimate of drug-likeness (QED) is 0.477. The third-order valence-corrected chi connectivity index (χ3v) is 8.71. The summed E-state index contributed by atoms with van der Waals surface area (Å²) in [5.41, 5.74) is 4.23. The molecule has 2 aliphatic heterocycles. The predicted molar refractivity (Wildman–Crippen MR) is 123 cm³/mol. The summed E-state index contributed by atoms with van der Waals surface area (Å²) in [6.45, 7) is 1.84. The Morgan fingerprint density at radius 3 is 3.03 bits per heavy atom. The number of hydrogen-bond donors (Lipinski definition) is 1. The lowest BCUT2D eigenvalue weighted by Gasteiger charge is -2.14. The molecule has 34 heavy (non-hydrogen) atoms. The number of nitrogens with zero attached hydrogens (tertiary/aromatic N) is 4. The zero-order valence-electron chi connectivity index (χ0n) is 18.0. The Labute approximate surface area is 194 Å². The number of aromatic nitrogens is 4. The van der Waals surface area contributed by atoms with Gasteiger partial charge < -0.3 is 10.1 Å². The van der Waals surface area contributed by atoms with Crippen LogP contribution in [0.25, 0.3) is 22.9 Å². The molecule has 0 saturated heterocycles. The minimum Gasteiger partial charge on any atom is -0.489 e. The van der Waals surface area contributed by atoms with E-state index in [1.165, 1.54) is 6.07 Å². The van der Waals surface area contributed by atoms with E-state index < -0.39 is 9.84 Å². The highest BCUT2D eigenvalue weighted by atomic mass is 32.2. The Hall–Kier alpha value is -3.79. The minimum atomic E-state index is -3.40. The highest BCUT2D eigenvalue weighted by Crippen LogP contribution is 2.55. The first-order chi connectivity index (χ1) is 16.4. The van der Waals surface area contributed by atoms with Gasteiger partial charge in [0.25, 0.3) is 0 Å². The van der Waals surface area contributed by atoms with Crippen LogP contribution in [0.4, 0.5) is 10.3 Å². The molecule has 0 spiro atoms. The smallest absolute Gasteiger partial charge is 0.210 e. The topological polar surface area (TPSA) is 98.5 Å². The van der Waals surface area contributed by atoms with Crippen molar-refractivity contribution < 1.29 is 17.5 Å². The fraction of sp³-hybridized carbons (Fsp3) is 0.208. The summed E-state index contributed by atoms with van der Waals surface area (Å²) >= 11 is 0. The Balaban J connectivity index is 1.24. The monoisotopic (exact) mass is 475 g/mol. The van der Waals surface area contributed by atoms with Crippen LogP contribution >= 0.6 is 0 Å². The van der Waals surface area contributed by atoms with Crippen molar-refractivity contribution in [3.05, 3.63) is 70.3 Å². The molecule has 0 bridgehead atoms. The summed E-state index contributed by atoms with van der Waals surface area (Å²) in [4.78, 5) is 5.17. The van der Waals surface area contributed by atoms with Gasteiger partial charge in [-0.25, -0.2) is 17.8 Å². The zero-order valence-corrected chi connectivity index (χ0v) is 18.8. The molecule has 1 fully saturated rings. The van der Waals surface area contributed by atoms with Crippen LogP contribution in [-0.2, 0) is 16.4 Å². The van der Waals surface area contributed by atoms with Crippen molar-refractivity contribution in [2.24, 2.45) is 0 Å². The fourth-order valence-electron chi connectivity index (χ4n) is 4.94. The molecule has 10 heteroatoms. The van der Waals surface area contributed by atoms with E-state index in [1.54, 1.807) is 48.1 Å². The molecule has 1 aliphatic carbocycles. The largest absolute Gasteiger partial charge is 0.489 e. The van der Waals surface area contributed by atoms with E-state index in [0.29, 0.717) is 38.1 Å². The zero-order chi connectivity index (χ0) is 23.2. The summed E-state index contributed by atoms with van der Waals surface area (Å²) in [5.74, 6) is 1.25. The maximum atomic E-state index is 14.7. The van der Waals surface area contributed by atoms with E-state index in [-0.39, 0.29) is 24.4 Å². The highest BCUT2D eigenvalue weighted by Gasteiger charge is 2.49. The van der Waals surface area contributed by atoms with Crippen molar-refractivity contribution in [1.29, 1.82) is 0 Å². The first kappa shape index (κ1) is 19.7. The van der Waals surface area contributed by atoms with E-state index in [9.17, 15) is 12.8 Å². The van der Waals surface area contributed by atoms with E-state index in [0.717, 1.165) is 23.3 Å². The molecule has 2 aromatic carbocycles. The third-order valence-electron chi connectivity index (χ3n) is 6.79. The molecule has 0 radical (unpaired) electrons. The van der Waals surface area contributed by atoms with Crippen molar-refractivity contribution in [2.45, 2.75) is 36.8 Å². The molecule has 2 atom stereocenters. The Kier molecular flexibility index (Phi) is 3.83. The van der Waals surface area contributed by atoms with Gasteiger partial charge in [0.05, 0.1) is 4.90 Å². The van der Waals surface area contributed by atoms with Crippen LogP contribution in [0.1, 0.15) is 36.0 Å². The van der Waals surface area contributed by atoms with E-state index >= 15 is 0 Å². The second kappa shape index (κ2) is 6.63. The number of rotatable bonds is 4. The molecule has 2 aromatic heterocycles. The summed E-state index contributed by atoms with van der Waals surface area (Å²) in [6, 6.07) is 8.31. The van der Waals surface area contributed by atoms with Crippen LogP contribution in [0.2, 0.25) is 0 Å². The van der Waals surface area contributed by atoms with Crippen LogP contribution in [0.15, 0.2) is 52.7 Å². The summed E-state index contributed by atoms with van der Waals surface area (Å²) < 4.78 is 47.0. The van der Waals surface area contributed by atoms with Crippen molar-refractivity contribution in [3.8, 4) is 16.9 Å². The molecule has 3 aliphatic rings. The van der Waals surface area contributed by atoms with Crippen LogP contribution in [0, 0.1) is 5.82 Å². The molecule has 0 amide bonds. The lowest BCUT2D eigenvalue weighted by Crippen LogP contribution is -2.10. The van der Waals surface area contributed by atoms with Gasteiger partial charge in [-0.3, -0.25) is 4.40 Å². The maximum absolute atomic E-state index is 14.7. The molecule has 4 heterocycles. The number of benzene rings is 2. The molecule has 1 saturated carbocycles. The van der Waals surface area contributed by atoms with Gasteiger partial charge >= 0.3 is 0 Å². The van der Waals surface area contributed by atoms with Gasteiger partial charge in [-0.05, 0) is 54.8 Å². The molecule has 7 rings (SSSR count). The fourth-order valence-corrected chi connectivity index (χ4v) is 6.24. The highest BCUT2D eigenvalue weighted by molar-refractivity contribution is 7.95. The third kappa shape index (κ3) is 2.68. The average Bonchev–Trinajstić information content (AvgIpc) is 3.14. The van der Waals surface area contributed by atoms with Crippen molar-refractivity contribution in [2.75, 3.05) is 5.32 Å². The molecular formula is C24H18FN5O3S. The number of anilines is 1. The number of ether oxygens (including phenoxy) is 1. The van der Waals surface area contributed by atoms with Crippen LogP contribution in [-0.4, -0.2) is 34.1 Å². The summed E-state index contributed by atoms with van der Waals surface area (Å²) in [5, 5.41) is 11.5. The van der Waals surface area contributed by atoms with E-state index in [4.69, 9.17) is 4.74 Å². The van der Waals surface area contributed by atoms with E-state index in [2.05, 4.69) is 20.5 Å². The second-order valence-electron chi connectivity index (χ2n) is 8.82. The predicted octanol–water partition coefficient (Wildman–Crippen LogP) is 3.94. The van der Waals surface area contributed by atoms with Gasteiger partial charge in [0, 0.05) is 40.3 Å². The van der Waals surface area contributed by atoms with Gasteiger partial charge in [-0.1, -0.05) is 6.07 Å². The first-order valence-electron chi connectivity index (χ1n) is 10.9. The van der Waals surface area contributed by atoms with Crippen molar-refractivity contribution in [1.82, 2.24) is 19.6 Å². The van der Waals surface area contributed by atoms with Gasteiger partial charge in [0.1, 0.15) is 24.0 Å². The second-order valence-corrected chi connectivity index (χ2v) is 10.9. The number of nitrogens with one attached hydrogen (secondary N) is 1. The number of halogens is 1. The number of allylic oxidation sites excluding steroid dienone is 1. The molecule has 8 nitrogen and oxygen atoms in total. The van der Waals surface area contributed by atoms with Crippen molar-refractivity contribution >= 4 is 27.5 Å². The van der Waals surface area contributed by atoms with E-state index in [1.807, 2.05) is 6.07 Å². The van der Waals surface area contributed by atoms with Gasteiger partial charge in [-0.2, -0.15) is 0 Å². The molecular weight excluding hydrogens is 457 g/mol. The van der Waals surface area contributed by atoms with Gasteiger partial charge in [-0.15, -0.1) is 10.2 Å². The van der Waals surface area contributed by atoms with Crippen LogP contribution in [0.5, 0.6) is 5.75 Å². The summed E-state index contributed by atoms with van der Waals surface area (Å²) in [7, 11) is -3.40. The Morgan fingerprint density at radius 1 is 1.26 bits per heavy atom. The maximum Gasteiger partial charge on any atom is 0.210 e. The molecule has 170 valence electrons. The lowest BCUT2D eigenvalue weighted by molar-refractivity contribution is 0.318. The normalized spacial score (nSPS) is 20.9. The number of sulfone groups is 1. The standard InChI is InChI=1S/C24H18FN5O3S/c1-12-6-14-7-13(2-5-21(14)34(12,31)32)16-9-26-24(30-11-28-29-23(16)30)27-10-17-18(25)3-4-19-22(17)15-8-20(15)33-19/h2-7,9,11,15,20H,8,10H2,1H3,(H,26,27)/t15-,20+/m0/s1. The Bertz CT molecular complexity index is 1680. The average molecular weight is 476 g/mol. The van der Waals surface area contributed by atoms with Crippen LogP contribution < -0.4 is 10.1 Å². The summed E-state index contributed by atoms with van der Waals surface area (Å²) in [6.07, 6.45) is 5.99. The SMILES string of the molecule is CC1=Cc2cc(-c3cnc(NCc4c(F)ccc5c4[C@H]4C[C@H]4O5)n4cnnc34)ccc2S1(=O)=O. The Morgan fingerprint density at radius 2 is 2.15 bits per heavy atom. The number of hydrogen-bond acceptors (Lipinski definition) is 7. The number of fused-ring (bicyclic) bond motifs is 5. The van der Waals surface area contributed by atoms with Gasteiger partial charge in [0.2, 0.25) is 15.8 Å². The molecule has 4 aromatic rings. The van der Waals surface area contributed by atoms with Crippen molar-refractivity contribution in [3.63, 3.8) is 0 Å². The lowest BCUT2D eigenvalue weighted by atomic mass is 10.0.